The van der Waals surface area contributed by atoms with Crippen molar-refractivity contribution in [2.24, 2.45) is 7.05 Å². The predicted molar refractivity (Wildman–Crippen MR) is 97.9 cm³/mol. The molecule has 1 saturated carbocycles. The Bertz CT molecular complexity index is 1100. The highest BCUT2D eigenvalue weighted by atomic mass is 32.2. The molecule has 8 nitrogen and oxygen atoms in total. The molecule has 13 heteroatoms. The van der Waals surface area contributed by atoms with Gasteiger partial charge in [0.1, 0.15) is 0 Å². The number of aromatic nitrogens is 2. The van der Waals surface area contributed by atoms with E-state index in [2.05, 4.69) is 15.6 Å². The van der Waals surface area contributed by atoms with Gasteiger partial charge >= 0.3 is 11.9 Å². The molecule has 1 aromatic heterocycles. The first-order chi connectivity index (χ1) is 12.9. The predicted octanol–water partition coefficient (Wildman–Crippen LogP) is 1.36. The highest BCUT2D eigenvalue weighted by Gasteiger charge is 2.46. The van der Waals surface area contributed by atoms with Gasteiger partial charge in [0, 0.05) is 12.6 Å². The lowest BCUT2D eigenvalue weighted by molar-refractivity contribution is -0.134. The average Bonchev–Trinajstić information content (AvgIpc) is 3.03. The molecule has 1 aliphatic heterocycles. The van der Waals surface area contributed by atoms with Crippen molar-refractivity contribution in [1.29, 1.82) is 0 Å². The molecule has 0 radical (unpaired) electrons. The molecule has 1 saturated heterocycles. The first-order valence-corrected chi connectivity index (χ1v) is 10.8. The second-order valence-corrected chi connectivity index (χ2v) is 10.1. The number of aryl methyl sites for hydroxylation is 1. The van der Waals surface area contributed by atoms with Crippen LogP contribution in [0.4, 0.5) is 13.2 Å². The van der Waals surface area contributed by atoms with E-state index < -0.39 is 38.3 Å². The third-order valence-corrected chi connectivity index (χ3v) is 7.77. The number of rotatable bonds is 4. The largest absolute Gasteiger partial charge is 0.414 e. The Balaban J connectivity index is 1.77. The van der Waals surface area contributed by atoms with Crippen molar-refractivity contribution in [1.82, 2.24) is 24.7 Å². The van der Waals surface area contributed by atoms with E-state index in [9.17, 15) is 26.4 Å². The quantitative estimate of drug-likeness (QED) is 0.668. The summed E-state index contributed by atoms with van der Waals surface area (Å²) < 4.78 is 69.2. The summed E-state index contributed by atoms with van der Waals surface area (Å²) in [5.41, 5.74) is 3.15. The van der Waals surface area contributed by atoms with E-state index in [-0.39, 0.29) is 10.4 Å². The maximum absolute atomic E-state index is 12.9. The molecular formula is C15H18F3N5O3S2. The number of fused-ring (bicyclic) bond motifs is 1. The monoisotopic (exact) mass is 437 g/mol. The van der Waals surface area contributed by atoms with Crippen molar-refractivity contribution in [3.8, 4) is 0 Å². The molecule has 2 fully saturated rings. The number of nitrogens with zero attached hydrogens (tertiary/aromatic N) is 2. The molecule has 0 spiro atoms. The molecule has 0 bridgehead atoms. The highest BCUT2D eigenvalue weighted by Crippen LogP contribution is 2.39. The number of thioether (sulfide) groups is 1. The highest BCUT2D eigenvalue weighted by molar-refractivity contribution is 8.00. The fraction of sp³-hybridized carbons (Fsp3) is 0.533. The number of imidazole rings is 1. The number of hydrogen-bond acceptors (Lipinski definition) is 6. The minimum absolute atomic E-state index is 0.0456. The number of hydrazine groups is 1. The summed E-state index contributed by atoms with van der Waals surface area (Å²) in [5, 5.41) is -1.89. The molecule has 4 rings (SSSR count). The third-order valence-electron chi connectivity index (χ3n) is 4.89. The van der Waals surface area contributed by atoms with E-state index >= 15 is 0 Å². The second kappa shape index (κ2) is 6.23. The zero-order chi connectivity index (χ0) is 20.5. The standard InChI is InChI=1S/C15H18F3N5O3S2/c1-14(5-6-14)21-28(25,26)8-3-4-9-10(7-8)23(13(24)22(9)2)12-20-19-11(27-12)15(16,17)18/h3-4,7,11-12,19-21H,5-6H2,1-2H3. The lowest BCUT2D eigenvalue weighted by Gasteiger charge is -2.14. The Hall–Kier alpha value is -1.54. The van der Waals surface area contributed by atoms with Crippen LogP contribution in [0.1, 0.15) is 25.3 Å². The Kier molecular flexibility index (Phi) is 4.39. The van der Waals surface area contributed by atoms with Gasteiger partial charge in [0.15, 0.2) is 10.9 Å². The summed E-state index contributed by atoms with van der Waals surface area (Å²) in [4.78, 5) is 12.6. The summed E-state index contributed by atoms with van der Waals surface area (Å²) in [6, 6.07) is 4.17. The lowest BCUT2D eigenvalue weighted by atomic mass is 10.3. The van der Waals surface area contributed by atoms with Gasteiger partial charge in [-0.2, -0.15) is 13.2 Å². The zero-order valence-electron chi connectivity index (χ0n) is 14.9. The lowest BCUT2D eigenvalue weighted by Crippen LogP contribution is -2.41. The van der Waals surface area contributed by atoms with Gasteiger partial charge in [-0.1, -0.05) is 11.8 Å². The van der Waals surface area contributed by atoms with Crippen LogP contribution in [0.2, 0.25) is 0 Å². The minimum Gasteiger partial charge on any atom is -0.295 e. The van der Waals surface area contributed by atoms with Crippen LogP contribution >= 0.6 is 11.8 Å². The van der Waals surface area contributed by atoms with E-state index in [0.717, 1.165) is 17.4 Å². The summed E-state index contributed by atoms with van der Waals surface area (Å²) in [6.07, 6.45) is -3.03. The van der Waals surface area contributed by atoms with Gasteiger partial charge < -0.3 is 0 Å². The van der Waals surface area contributed by atoms with Crippen LogP contribution in [0.3, 0.4) is 0 Å². The molecular weight excluding hydrogens is 419 g/mol. The van der Waals surface area contributed by atoms with Crippen LogP contribution in [0.5, 0.6) is 0 Å². The van der Waals surface area contributed by atoms with E-state index in [1.165, 1.54) is 29.8 Å². The molecule has 2 heterocycles. The molecule has 154 valence electrons. The topological polar surface area (TPSA) is 97.2 Å². The van der Waals surface area contributed by atoms with Gasteiger partial charge in [-0.25, -0.2) is 28.8 Å². The van der Waals surface area contributed by atoms with Gasteiger partial charge in [-0.15, -0.1) is 0 Å². The molecule has 1 aromatic carbocycles. The maximum Gasteiger partial charge on any atom is 0.414 e. The molecule has 2 aliphatic rings. The third kappa shape index (κ3) is 3.34. The maximum atomic E-state index is 12.9. The Morgan fingerprint density at radius 2 is 1.93 bits per heavy atom. The summed E-state index contributed by atoms with van der Waals surface area (Å²) in [7, 11) is -2.34. The average molecular weight is 437 g/mol. The first kappa shape index (κ1) is 19.8. The van der Waals surface area contributed by atoms with Crippen molar-refractivity contribution in [3.63, 3.8) is 0 Å². The molecule has 3 N–H and O–H groups in total. The van der Waals surface area contributed by atoms with Crippen LogP contribution in [0, 0.1) is 0 Å². The number of nitrogens with one attached hydrogen (secondary N) is 3. The normalized spacial score (nSPS) is 24.8. The molecule has 2 atom stereocenters. The fourth-order valence-electron chi connectivity index (χ4n) is 3.04. The van der Waals surface area contributed by atoms with Crippen LogP contribution in [-0.2, 0) is 17.1 Å². The SMILES string of the molecule is Cn1c(=O)n(C2NNC(C(F)(F)F)S2)c2cc(S(=O)(=O)NC3(C)CC3)ccc21. The molecule has 0 amide bonds. The van der Waals surface area contributed by atoms with Crippen molar-refractivity contribution < 1.29 is 21.6 Å². The van der Waals surface area contributed by atoms with Gasteiger partial charge in [0.05, 0.1) is 15.9 Å². The van der Waals surface area contributed by atoms with Crippen molar-refractivity contribution in [3.05, 3.63) is 28.7 Å². The number of benzene rings is 1. The second-order valence-electron chi connectivity index (χ2n) is 7.23. The number of halogens is 3. The number of alkyl halides is 3. The van der Waals surface area contributed by atoms with Crippen LogP contribution < -0.4 is 21.3 Å². The van der Waals surface area contributed by atoms with E-state index in [1.807, 2.05) is 0 Å². The van der Waals surface area contributed by atoms with Crippen LogP contribution in [0.15, 0.2) is 27.9 Å². The first-order valence-electron chi connectivity index (χ1n) is 8.40. The van der Waals surface area contributed by atoms with Gasteiger partial charge in [-0.3, -0.25) is 9.13 Å². The van der Waals surface area contributed by atoms with Gasteiger partial charge in [0.25, 0.3) is 0 Å². The van der Waals surface area contributed by atoms with Crippen molar-refractivity contribution >= 4 is 32.8 Å². The zero-order valence-corrected chi connectivity index (χ0v) is 16.5. The minimum atomic E-state index is -4.50. The van der Waals surface area contributed by atoms with Crippen LogP contribution in [-0.4, -0.2) is 34.6 Å². The molecule has 2 aromatic rings. The number of sulfonamides is 1. The fourth-order valence-corrected chi connectivity index (χ4v) is 5.54. The van der Waals surface area contributed by atoms with Gasteiger partial charge in [0.2, 0.25) is 10.0 Å². The Labute approximate surface area is 162 Å². The van der Waals surface area contributed by atoms with E-state index in [4.69, 9.17) is 0 Å². The molecule has 1 aliphatic carbocycles. The summed E-state index contributed by atoms with van der Waals surface area (Å²) in [5.74, 6) is 0. The van der Waals surface area contributed by atoms with Gasteiger partial charge in [-0.05, 0) is 38.0 Å². The molecule has 2 unspecified atom stereocenters. The van der Waals surface area contributed by atoms with Crippen molar-refractivity contribution in [2.45, 2.75) is 47.2 Å². The smallest absolute Gasteiger partial charge is 0.295 e. The Morgan fingerprint density at radius 3 is 2.50 bits per heavy atom. The Morgan fingerprint density at radius 1 is 1.25 bits per heavy atom. The molecule has 28 heavy (non-hydrogen) atoms. The van der Waals surface area contributed by atoms with Crippen LogP contribution in [0.25, 0.3) is 11.0 Å². The van der Waals surface area contributed by atoms with E-state index in [0.29, 0.717) is 17.3 Å². The number of hydrogen-bond donors (Lipinski definition) is 3. The summed E-state index contributed by atoms with van der Waals surface area (Å²) >= 11 is 0.484. The van der Waals surface area contributed by atoms with E-state index in [1.54, 1.807) is 6.92 Å². The summed E-state index contributed by atoms with van der Waals surface area (Å²) in [6.45, 7) is 1.80. The van der Waals surface area contributed by atoms with Crippen molar-refractivity contribution in [2.75, 3.05) is 0 Å².